The second-order valence-electron chi connectivity index (χ2n) is 4.79. The quantitative estimate of drug-likeness (QED) is 0.925. The number of hydrogen-bond acceptors (Lipinski definition) is 4. The van der Waals surface area contributed by atoms with Crippen LogP contribution in [0, 0.1) is 0 Å². The summed E-state index contributed by atoms with van der Waals surface area (Å²) in [5.41, 5.74) is 3.44. The normalized spacial score (nSPS) is 15.1. The van der Waals surface area contributed by atoms with E-state index in [-0.39, 0.29) is 0 Å². The smallest absolute Gasteiger partial charge is 0.0642 e. The third-order valence-electron chi connectivity index (χ3n) is 3.44. The van der Waals surface area contributed by atoms with Gasteiger partial charge in [-0.05, 0) is 24.3 Å². The lowest BCUT2D eigenvalue weighted by Gasteiger charge is -2.30. The van der Waals surface area contributed by atoms with E-state index in [1.54, 1.807) is 0 Å². The molecule has 1 fully saturated rings. The molecule has 104 valence electrons. The van der Waals surface area contributed by atoms with Crippen LogP contribution in [0.1, 0.15) is 5.69 Å². The fourth-order valence-electron chi connectivity index (χ4n) is 2.39. The van der Waals surface area contributed by atoms with E-state index >= 15 is 0 Å². The largest absolute Gasteiger partial charge is 0.378 e. The molecule has 4 nitrogen and oxygen atoms in total. The van der Waals surface area contributed by atoms with Gasteiger partial charge >= 0.3 is 0 Å². The van der Waals surface area contributed by atoms with Crippen LogP contribution in [-0.2, 0) is 11.3 Å². The Kier molecular flexibility index (Phi) is 4.13. The lowest BCUT2D eigenvalue weighted by molar-refractivity contribution is 0.123. The fraction of sp³-hybridized carbons (Fsp3) is 0.312. The number of benzene rings is 1. The van der Waals surface area contributed by atoms with Gasteiger partial charge in [0.25, 0.3) is 0 Å². The van der Waals surface area contributed by atoms with Crippen LogP contribution in [-0.4, -0.2) is 31.3 Å². The number of nitrogens with zero attached hydrogens (tertiary/aromatic N) is 2. The third-order valence-corrected chi connectivity index (χ3v) is 3.44. The molecular weight excluding hydrogens is 250 g/mol. The van der Waals surface area contributed by atoms with E-state index in [1.807, 2.05) is 24.4 Å². The van der Waals surface area contributed by atoms with Crippen molar-refractivity contribution in [2.45, 2.75) is 6.54 Å². The summed E-state index contributed by atoms with van der Waals surface area (Å²) in [5, 5.41) is 3.48. The molecule has 1 aliphatic rings. The van der Waals surface area contributed by atoms with Gasteiger partial charge in [-0.3, -0.25) is 4.98 Å². The summed E-state index contributed by atoms with van der Waals surface area (Å²) < 4.78 is 5.42. The highest BCUT2D eigenvalue weighted by Crippen LogP contribution is 2.26. The molecule has 0 radical (unpaired) electrons. The molecule has 0 unspecified atom stereocenters. The van der Waals surface area contributed by atoms with Crippen molar-refractivity contribution in [3.05, 3.63) is 54.4 Å². The van der Waals surface area contributed by atoms with Gasteiger partial charge in [0.05, 0.1) is 36.8 Å². The van der Waals surface area contributed by atoms with Gasteiger partial charge in [-0.15, -0.1) is 0 Å². The first kappa shape index (κ1) is 12.9. The Morgan fingerprint density at radius 1 is 1.05 bits per heavy atom. The molecular formula is C16H19N3O. The Hall–Kier alpha value is -2.07. The molecule has 0 saturated carbocycles. The number of aromatic nitrogens is 1. The molecule has 1 aliphatic heterocycles. The first-order valence-corrected chi connectivity index (χ1v) is 6.99. The molecule has 0 atom stereocenters. The van der Waals surface area contributed by atoms with E-state index in [4.69, 9.17) is 4.74 Å². The second-order valence-corrected chi connectivity index (χ2v) is 4.79. The summed E-state index contributed by atoms with van der Waals surface area (Å²) in [6.45, 7) is 4.23. The van der Waals surface area contributed by atoms with E-state index in [2.05, 4.69) is 39.5 Å². The minimum atomic E-state index is 0.738. The fourth-order valence-corrected chi connectivity index (χ4v) is 2.39. The Morgan fingerprint density at radius 3 is 2.65 bits per heavy atom. The van der Waals surface area contributed by atoms with E-state index in [1.165, 1.54) is 5.69 Å². The monoisotopic (exact) mass is 269 g/mol. The SMILES string of the molecule is c1ccc(CNc2ccccc2N2CCOCC2)nc1. The summed E-state index contributed by atoms with van der Waals surface area (Å²) in [5.74, 6) is 0. The molecule has 0 amide bonds. The molecule has 0 aliphatic carbocycles. The minimum absolute atomic E-state index is 0.738. The summed E-state index contributed by atoms with van der Waals surface area (Å²) in [6, 6.07) is 14.4. The molecule has 0 spiro atoms. The van der Waals surface area contributed by atoms with Crippen LogP contribution in [0.15, 0.2) is 48.7 Å². The van der Waals surface area contributed by atoms with Crippen LogP contribution in [0.5, 0.6) is 0 Å². The summed E-state index contributed by atoms with van der Waals surface area (Å²) in [6.07, 6.45) is 1.82. The van der Waals surface area contributed by atoms with E-state index in [9.17, 15) is 0 Å². The first-order chi connectivity index (χ1) is 9.93. The number of pyridine rings is 1. The standard InChI is InChI=1S/C16H19N3O/c1-2-7-16(19-9-11-20-12-10-19)15(6-1)18-13-14-5-3-4-8-17-14/h1-8,18H,9-13H2. The highest BCUT2D eigenvalue weighted by Gasteiger charge is 2.14. The van der Waals surface area contributed by atoms with Crippen molar-refractivity contribution in [2.75, 3.05) is 36.5 Å². The minimum Gasteiger partial charge on any atom is -0.378 e. The first-order valence-electron chi connectivity index (χ1n) is 6.99. The van der Waals surface area contributed by atoms with Gasteiger partial charge in [0.2, 0.25) is 0 Å². The lowest BCUT2D eigenvalue weighted by atomic mass is 10.2. The molecule has 1 aromatic carbocycles. The van der Waals surface area contributed by atoms with Gasteiger partial charge in [0.15, 0.2) is 0 Å². The number of para-hydroxylation sites is 2. The van der Waals surface area contributed by atoms with E-state index in [0.29, 0.717) is 0 Å². The van der Waals surface area contributed by atoms with Crippen LogP contribution < -0.4 is 10.2 Å². The van der Waals surface area contributed by atoms with Crippen molar-refractivity contribution in [2.24, 2.45) is 0 Å². The average Bonchev–Trinajstić information content (AvgIpc) is 2.55. The number of rotatable bonds is 4. The zero-order chi connectivity index (χ0) is 13.6. The number of anilines is 2. The Morgan fingerprint density at radius 2 is 1.85 bits per heavy atom. The number of morpholine rings is 1. The van der Waals surface area contributed by atoms with Crippen LogP contribution in [0.2, 0.25) is 0 Å². The molecule has 1 saturated heterocycles. The predicted molar refractivity (Wildman–Crippen MR) is 81.0 cm³/mol. The third kappa shape index (κ3) is 3.08. The van der Waals surface area contributed by atoms with E-state index in [0.717, 1.165) is 44.2 Å². The predicted octanol–water partition coefficient (Wildman–Crippen LogP) is 2.53. The maximum absolute atomic E-state index is 5.42. The Bertz CT molecular complexity index is 538. The summed E-state index contributed by atoms with van der Waals surface area (Å²) in [7, 11) is 0. The maximum atomic E-state index is 5.42. The van der Waals surface area contributed by atoms with Crippen LogP contribution in [0.25, 0.3) is 0 Å². The molecule has 1 N–H and O–H groups in total. The lowest BCUT2D eigenvalue weighted by Crippen LogP contribution is -2.36. The zero-order valence-corrected chi connectivity index (χ0v) is 11.5. The van der Waals surface area contributed by atoms with Crippen molar-refractivity contribution in [1.29, 1.82) is 0 Å². The van der Waals surface area contributed by atoms with Crippen molar-refractivity contribution in [3.8, 4) is 0 Å². The second kappa shape index (κ2) is 6.39. The summed E-state index contributed by atoms with van der Waals surface area (Å²) >= 11 is 0. The number of nitrogens with one attached hydrogen (secondary N) is 1. The molecule has 2 aromatic rings. The van der Waals surface area contributed by atoms with Gasteiger partial charge in [-0.1, -0.05) is 18.2 Å². The molecule has 1 aromatic heterocycles. The molecule has 3 rings (SSSR count). The molecule has 0 bridgehead atoms. The molecule has 20 heavy (non-hydrogen) atoms. The number of hydrogen-bond donors (Lipinski definition) is 1. The van der Waals surface area contributed by atoms with Crippen molar-refractivity contribution in [1.82, 2.24) is 4.98 Å². The van der Waals surface area contributed by atoms with Crippen molar-refractivity contribution >= 4 is 11.4 Å². The topological polar surface area (TPSA) is 37.4 Å². The van der Waals surface area contributed by atoms with Gasteiger partial charge in [-0.25, -0.2) is 0 Å². The van der Waals surface area contributed by atoms with Gasteiger partial charge < -0.3 is 15.0 Å². The Labute approximate surface area is 119 Å². The number of ether oxygens (including phenoxy) is 1. The van der Waals surface area contributed by atoms with Gasteiger partial charge in [-0.2, -0.15) is 0 Å². The van der Waals surface area contributed by atoms with Crippen molar-refractivity contribution < 1.29 is 4.74 Å². The molecule has 2 heterocycles. The van der Waals surface area contributed by atoms with E-state index < -0.39 is 0 Å². The summed E-state index contributed by atoms with van der Waals surface area (Å²) in [4.78, 5) is 6.71. The van der Waals surface area contributed by atoms with Crippen LogP contribution in [0.3, 0.4) is 0 Å². The Balaban J connectivity index is 1.72. The van der Waals surface area contributed by atoms with Crippen LogP contribution in [0.4, 0.5) is 11.4 Å². The zero-order valence-electron chi connectivity index (χ0n) is 11.5. The van der Waals surface area contributed by atoms with Gasteiger partial charge in [0.1, 0.15) is 0 Å². The maximum Gasteiger partial charge on any atom is 0.0642 e. The highest BCUT2D eigenvalue weighted by atomic mass is 16.5. The van der Waals surface area contributed by atoms with Crippen molar-refractivity contribution in [3.63, 3.8) is 0 Å². The average molecular weight is 269 g/mol. The van der Waals surface area contributed by atoms with Gasteiger partial charge in [0, 0.05) is 19.3 Å². The molecule has 4 heteroatoms. The van der Waals surface area contributed by atoms with Crippen LogP contribution >= 0.6 is 0 Å². The highest BCUT2D eigenvalue weighted by molar-refractivity contribution is 5.70.